The van der Waals surface area contributed by atoms with Crippen LogP contribution in [0.1, 0.15) is 17.2 Å². The molecule has 0 bridgehead atoms. The van der Waals surface area contributed by atoms with Crippen LogP contribution in [0.5, 0.6) is 0 Å². The van der Waals surface area contributed by atoms with Gasteiger partial charge in [0, 0.05) is 6.04 Å². The van der Waals surface area contributed by atoms with Gasteiger partial charge >= 0.3 is 0 Å². The molecule has 0 fully saturated rings. The highest BCUT2D eigenvalue weighted by Gasteiger charge is 2.28. The fraction of sp³-hybridized carbons (Fsp3) is 0.364. The number of nitrogens with one attached hydrogen (secondary N) is 1. The van der Waals surface area contributed by atoms with Crippen molar-refractivity contribution in [2.24, 2.45) is 5.73 Å². The maximum Gasteiger partial charge on any atom is 0.239 e. The molecule has 0 spiro atoms. The number of aliphatic hydroxyl groups excluding tert-OH is 1. The molecule has 0 aromatic heterocycles. The number of carbonyl (C=O) groups is 1. The van der Waals surface area contributed by atoms with E-state index < -0.39 is 11.9 Å². The second-order valence-corrected chi connectivity index (χ2v) is 3.78. The predicted octanol–water partition coefficient (Wildman–Crippen LogP) is 0.141. The molecule has 2 rings (SSSR count). The minimum Gasteiger partial charge on any atom is -0.395 e. The summed E-state index contributed by atoms with van der Waals surface area (Å²) in [6.07, 6.45) is 0.733. The van der Waals surface area contributed by atoms with Crippen molar-refractivity contribution in [3.63, 3.8) is 0 Å². The molecule has 4 nitrogen and oxygen atoms in total. The van der Waals surface area contributed by atoms with Crippen molar-refractivity contribution in [1.82, 2.24) is 5.32 Å². The molecule has 4 N–H and O–H groups in total. The smallest absolute Gasteiger partial charge is 0.239 e. The standard InChI is InChI=1S/C11H14N2O2.ClH/c12-11(15)10-9-4-2-1-3-7(9)5-8(6-14)13-10;/h1-4,8,10,13-14H,5-6H2,(H2,12,15);1H. The Morgan fingerprint density at radius 3 is 2.81 bits per heavy atom. The van der Waals surface area contributed by atoms with E-state index in [1.54, 1.807) is 0 Å². The van der Waals surface area contributed by atoms with Crippen LogP contribution in [0.25, 0.3) is 0 Å². The van der Waals surface area contributed by atoms with Crippen LogP contribution in [-0.4, -0.2) is 23.7 Å². The zero-order valence-corrected chi connectivity index (χ0v) is 9.54. The van der Waals surface area contributed by atoms with Crippen LogP contribution in [0.2, 0.25) is 0 Å². The minimum atomic E-state index is -0.480. The zero-order chi connectivity index (χ0) is 10.8. The third-order valence-corrected chi connectivity index (χ3v) is 2.74. The van der Waals surface area contributed by atoms with Crippen molar-refractivity contribution < 1.29 is 9.90 Å². The topological polar surface area (TPSA) is 75.4 Å². The summed E-state index contributed by atoms with van der Waals surface area (Å²) in [5, 5.41) is 12.1. The van der Waals surface area contributed by atoms with Gasteiger partial charge in [-0.05, 0) is 17.5 Å². The maximum atomic E-state index is 11.3. The number of aliphatic hydroxyl groups is 1. The van der Waals surface area contributed by atoms with Crippen molar-refractivity contribution in [3.8, 4) is 0 Å². The Kier molecular flexibility index (Phi) is 4.29. The minimum absolute atomic E-state index is 0. The number of amides is 1. The average Bonchev–Trinajstić information content (AvgIpc) is 2.27. The van der Waals surface area contributed by atoms with Crippen LogP contribution < -0.4 is 11.1 Å². The molecule has 1 aliphatic rings. The molecule has 1 aromatic rings. The Labute approximate surface area is 100 Å². The summed E-state index contributed by atoms with van der Waals surface area (Å²) in [6.45, 7) is 0.0120. The molecule has 0 radical (unpaired) electrons. The van der Waals surface area contributed by atoms with Gasteiger partial charge in [-0.2, -0.15) is 0 Å². The van der Waals surface area contributed by atoms with Crippen LogP contribution in [0, 0.1) is 0 Å². The molecule has 5 heteroatoms. The first kappa shape index (κ1) is 13.0. The monoisotopic (exact) mass is 242 g/mol. The van der Waals surface area contributed by atoms with E-state index >= 15 is 0 Å². The van der Waals surface area contributed by atoms with E-state index in [-0.39, 0.29) is 25.1 Å². The van der Waals surface area contributed by atoms with Crippen LogP contribution in [0.4, 0.5) is 0 Å². The molecular formula is C11H15ClN2O2. The lowest BCUT2D eigenvalue weighted by atomic mass is 9.90. The summed E-state index contributed by atoms with van der Waals surface area (Å²) in [5.74, 6) is -0.402. The van der Waals surface area contributed by atoms with Gasteiger partial charge in [0.1, 0.15) is 6.04 Å². The number of benzene rings is 1. The van der Waals surface area contributed by atoms with E-state index in [1.807, 2.05) is 24.3 Å². The van der Waals surface area contributed by atoms with E-state index in [0.717, 1.165) is 17.5 Å². The predicted molar refractivity (Wildman–Crippen MR) is 63.3 cm³/mol. The normalized spacial score (nSPS) is 23.1. The molecule has 0 saturated heterocycles. The van der Waals surface area contributed by atoms with Gasteiger partial charge in [-0.25, -0.2) is 0 Å². The van der Waals surface area contributed by atoms with E-state index in [0.29, 0.717) is 0 Å². The number of nitrogens with two attached hydrogens (primary N) is 1. The molecule has 0 saturated carbocycles. The highest BCUT2D eigenvalue weighted by molar-refractivity contribution is 5.85. The molecule has 16 heavy (non-hydrogen) atoms. The van der Waals surface area contributed by atoms with E-state index in [1.165, 1.54) is 0 Å². The number of fused-ring (bicyclic) bond motifs is 1. The lowest BCUT2D eigenvalue weighted by Gasteiger charge is -2.30. The van der Waals surface area contributed by atoms with E-state index in [2.05, 4.69) is 5.32 Å². The van der Waals surface area contributed by atoms with Crippen molar-refractivity contribution in [2.45, 2.75) is 18.5 Å². The van der Waals surface area contributed by atoms with Crippen molar-refractivity contribution in [1.29, 1.82) is 0 Å². The molecule has 2 atom stereocenters. The molecule has 88 valence electrons. The Bertz CT molecular complexity index is 384. The first-order chi connectivity index (χ1) is 7.22. The SMILES string of the molecule is Cl.NC(=O)C1NC(CO)Cc2ccccc21. The van der Waals surface area contributed by atoms with Gasteiger partial charge in [0.2, 0.25) is 5.91 Å². The van der Waals surface area contributed by atoms with Gasteiger partial charge in [-0.3, -0.25) is 10.1 Å². The van der Waals surface area contributed by atoms with Crippen LogP contribution in [-0.2, 0) is 11.2 Å². The summed E-state index contributed by atoms with van der Waals surface area (Å²) < 4.78 is 0. The highest BCUT2D eigenvalue weighted by atomic mass is 35.5. The first-order valence-corrected chi connectivity index (χ1v) is 4.96. The summed E-state index contributed by atoms with van der Waals surface area (Å²) in [4.78, 5) is 11.3. The van der Waals surface area contributed by atoms with Gasteiger partial charge in [0.25, 0.3) is 0 Å². The average molecular weight is 243 g/mol. The Morgan fingerprint density at radius 2 is 2.19 bits per heavy atom. The lowest BCUT2D eigenvalue weighted by Crippen LogP contribution is -2.46. The van der Waals surface area contributed by atoms with Gasteiger partial charge in [-0.15, -0.1) is 12.4 Å². The number of hydrogen-bond acceptors (Lipinski definition) is 3. The number of rotatable bonds is 2. The van der Waals surface area contributed by atoms with Gasteiger partial charge in [0.15, 0.2) is 0 Å². The van der Waals surface area contributed by atoms with E-state index in [4.69, 9.17) is 10.8 Å². The highest BCUT2D eigenvalue weighted by Crippen LogP contribution is 2.24. The zero-order valence-electron chi connectivity index (χ0n) is 8.72. The fourth-order valence-electron chi connectivity index (χ4n) is 2.00. The Morgan fingerprint density at radius 1 is 1.50 bits per heavy atom. The molecule has 2 unspecified atom stereocenters. The van der Waals surface area contributed by atoms with Crippen LogP contribution >= 0.6 is 12.4 Å². The number of halogens is 1. The third kappa shape index (κ3) is 2.35. The Hall–Kier alpha value is -1.10. The van der Waals surface area contributed by atoms with Crippen molar-refractivity contribution >= 4 is 18.3 Å². The summed E-state index contributed by atoms with van der Waals surface area (Å²) in [6, 6.07) is 7.11. The third-order valence-electron chi connectivity index (χ3n) is 2.74. The second-order valence-electron chi connectivity index (χ2n) is 3.78. The van der Waals surface area contributed by atoms with E-state index in [9.17, 15) is 4.79 Å². The second kappa shape index (κ2) is 5.30. The fourth-order valence-corrected chi connectivity index (χ4v) is 2.00. The molecule has 0 aliphatic carbocycles. The summed E-state index contributed by atoms with van der Waals surface area (Å²) in [7, 11) is 0. The van der Waals surface area contributed by atoms with Gasteiger partial charge < -0.3 is 10.8 Å². The van der Waals surface area contributed by atoms with Crippen LogP contribution in [0.3, 0.4) is 0 Å². The number of carbonyl (C=O) groups excluding carboxylic acids is 1. The van der Waals surface area contributed by atoms with Crippen LogP contribution in [0.15, 0.2) is 24.3 Å². The number of hydrogen-bond donors (Lipinski definition) is 3. The summed E-state index contributed by atoms with van der Waals surface area (Å²) in [5.41, 5.74) is 7.32. The Balaban J connectivity index is 0.00000128. The summed E-state index contributed by atoms with van der Waals surface area (Å²) >= 11 is 0. The molecule has 1 amide bonds. The molecule has 1 aliphatic heterocycles. The van der Waals surface area contributed by atoms with Gasteiger partial charge in [0.05, 0.1) is 6.61 Å². The first-order valence-electron chi connectivity index (χ1n) is 4.96. The number of primary amides is 1. The molecular weight excluding hydrogens is 228 g/mol. The van der Waals surface area contributed by atoms with Crippen molar-refractivity contribution in [2.75, 3.05) is 6.61 Å². The maximum absolute atomic E-state index is 11.3. The molecule has 1 aromatic carbocycles. The van der Waals surface area contributed by atoms with Gasteiger partial charge in [-0.1, -0.05) is 24.3 Å². The molecule has 1 heterocycles. The quantitative estimate of drug-likeness (QED) is 0.691. The lowest BCUT2D eigenvalue weighted by molar-refractivity contribution is -0.120. The largest absolute Gasteiger partial charge is 0.395 e. The van der Waals surface area contributed by atoms with Crippen molar-refractivity contribution in [3.05, 3.63) is 35.4 Å².